The third-order valence-electron chi connectivity index (χ3n) is 3.06. The molecule has 1 aliphatic heterocycles. The molecule has 21 heavy (non-hydrogen) atoms. The SMILES string of the molecule is O=C1COc2cc(CNC(=O)c3cccnc3)ccc2N1. The third-order valence-corrected chi connectivity index (χ3v) is 3.06. The smallest absolute Gasteiger partial charge is 0.262 e. The minimum Gasteiger partial charge on any atom is -0.482 e. The van der Waals surface area contributed by atoms with E-state index in [0.29, 0.717) is 23.5 Å². The van der Waals surface area contributed by atoms with Crippen molar-refractivity contribution in [2.75, 3.05) is 11.9 Å². The van der Waals surface area contributed by atoms with E-state index in [4.69, 9.17) is 4.74 Å². The van der Waals surface area contributed by atoms with Gasteiger partial charge in [-0.25, -0.2) is 0 Å². The lowest BCUT2D eigenvalue weighted by Crippen LogP contribution is -2.26. The first kappa shape index (κ1) is 13.1. The molecule has 2 aromatic rings. The number of amides is 2. The van der Waals surface area contributed by atoms with Crippen LogP contribution in [0, 0.1) is 0 Å². The molecule has 1 aliphatic rings. The summed E-state index contributed by atoms with van der Waals surface area (Å²) in [6.45, 7) is 0.386. The molecule has 0 bridgehead atoms. The fourth-order valence-corrected chi connectivity index (χ4v) is 2.01. The maximum Gasteiger partial charge on any atom is 0.262 e. The van der Waals surface area contributed by atoms with Gasteiger partial charge in [0.1, 0.15) is 5.75 Å². The molecule has 2 N–H and O–H groups in total. The lowest BCUT2D eigenvalue weighted by Gasteiger charge is -2.18. The Balaban J connectivity index is 1.66. The van der Waals surface area contributed by atoms with E-state index in [2.05, 4.69) is 15.6 Å². The first-order valence-corrected chi connectivity index (χ1v) is 6.46. The molecule has 3 rings (SSSR count). The Morgan fingerprint density at radius 3 is 3.10 bits per heavy atom. The molecule has 1 aromatic carbocycles. The molecule has 6 heteroatoms. The molecule has 0 unspecified atom stereocenters. The number of pyridine rings is 1. The molecular weight excluding hydrogens is 270 g/mol. The summed E-state index contributed by atoms with van der Waals surface area (Å²) in [5.74, 6) is 0.262. The molecule has 0 radical (unpaired) electrons. The quantitative estimate of drug-likeness (QED) is 0.891. The van der Waals surface area contributed by atoms with E-state index in [1.54, 1.807) is 30.5 Å². The summed E-state index contributed by atoms with van der Waals surface area (Å²) >= 11 is 0. The fraction of sp³-hybridized carbons (Fsp3) is 0.133. The van der Waals surface area contributed by atoms with Crippen molar-refractivity contribution in [2.24, 2.45) is 0 Å². The van der Waals surface area contributed by atoms with E-state index >= 15 is 0 Å². The molecule has 6 nitrogen and oxygen atoms in total. The highest BCUT2D eigenvalue weighted by Crippen LogP contribution is 2.28. The summed E-state index contributed by atoms with van der Waals surface area (Å²) in [6.07, 6.45) is 3.13. The highest BCUT2D eigenvalue weighted by molar-refractivity contribution is 5.95. The lowest BCUT2D eigenvalue weighted by molar-refractivity contribution is -0.118. The summed E-state index contributed by atoms with van der Waals surface area (Å²) in [5.41, 5.74) is 2.05. The first-order valence-electron chi connectivity index (χ1n) is 6.46. The zero-order valence-electron chi connectivity index (χ0n) is 11.1. The van der Waals surface area contributed by atoms with E-state index < -0.39 is 0 Å². The second kappa shape index (κ2) is 5.62. The molecule has 0 atom stereocenters. The van der Waals surface area contributed by atoms with Crippen LogP contribution in [0.5, 0.6) is 5.75 Å². The Morgan fingerprint density at radius 2 is 2.29 bits per heavy atom. The average molecular weight is 283 g/mol. The van der Waals surface area contributed by atoms with Gasteiger partial charge in [0.15, 0.2) is 6.61 Å². The molecule has 0 saturated carbocycles. The summed E-state index contributed by atoms with van der Waals surface area (Å²) in [4.78, 5) is 27.0. The van der Waals surface area contributed by atoms with E-state index in [1.807, 2.05) is 6.07 Å². The van der Waals surface area contributed by atoms with Crippen LogP contribution in [0.15, 0.2) is 42.7 Å². The van der Waals surface area contributed by atoms with Crippen molar-refractivity contribution < 1.29 is 14.3 Å². The number of anilines is 1. The number of rotatable bonds is 3. The first-order chi connectivity index (χ1) is 10.2. The Morgan fingerprint density at radius 1 is 1.38 bits per heavy atom. The van der Waals surface area contributed by atoms with Crippen molar-refractivity contribution in [1.82, 2.24) is 10.3 Å². The van der Waals surface area contributed by atoms with Gasteiger partial charge in [0, 0.05) is 18.9 Å². The van der Waals surface area contributed by atoms with Crippen LogP contribution in [-0.4, -0.2) is 23.4 Å². The molecule has 0 saturated heterocycles. The number of nitrogens with one attached hydrogen (secondary N) is 2. The number of aromatic nitrogens is 1. The van der Waals surface area contributed by atoms with Gasteiger partial charge in [-0.05, 0) is 29.8 Å². The zero-order chi connectivity index (χ0) is 14.7. The van der Waals surface area contributed by atoms with Crippen molar-refractivity contribution in [2.45, 2.75) is 6.54 Å². The van der Waals surface area contributed by atoms with E-state index in [0.717, 1.165) is 5.56 Å². The molecule has 2 amide bonds. The van der Waals surface area contributed by atoms with Crippen LogP contribution in [0.4, 0.5) is 5.69 Å². The van der Waals surface area contributed by atoms with Gasteiger partial charge in [0.05, 0.1) is 11.3 Å². The number of fused-ring (bicyclic) bond motifs is 1. The topological polar surface area (TPSA) is 80.3 Å². The second-order valence-electron chi connectivity index (χ2n) is 4.59. The van der Waals surface area contributed by atoms with E-state index in [-0.39, 0.29) is 18.4 Å². The van der Waals surface area contributed by atoms with Gasteiger partial charge in [-0.2, -0.15) is 0 Å². The fourth-order valence-electron chi connectivity index (χ4n) is 2.01. The summed E-state index contributed by atoms with van der Waals surface area (Å²) in [7, 11) is 0. The van der Waals surface area contributed by atoms with Crippen LogP contribution >= 0.6 is 0 Å². The number of ether oxygens (including phenoxy) is 1. The Bertz CT molecular complexity index is 686. The monoisotopic (exact) mass is 283 g/mol. The van der Waals surface area contributed by atoms with Gasteiger partial charge in [-0.15, -0.1) is 0 Å². The van der Waals surface area contributed by atoms with Gasteiger partial charge in [0.25, 0.3) is 11.8 Å². The Labute approximate surface area is 121 Å². The van der Waals surface area contributed by atoms with Crippen molar-refractivity contribution in [1.29, 1.82) is 0 Å². The number of hydrogen-bond donors (Lipinski definition) is 2. The molecule has 0 aliphatic carbocycles. The van der Waals surface area contributed by atoms with Crippen LogP contribution in [0.2, 0.25) is 0 Å². The highest BCUT2D eigenvalue weighted by Gasteiger charge is 2.16. The highest BCUT2D eigenvalue weighted by atomic mass is 16.5. The largest absolute Gasteiger partial charge is 0.482 e. The minimum atomic E-state index is -0.185. The van der Waals surface area contributed by atoms with Crippen LogP contribution in [0.3, 0.4) is 0 Å². The summed E-state index contributed by atoms with van der Waals surface area (Å²) in [5, 5.41) is 5.53. The van der Waals surface area contributed by atoms with Crippen molar-refractivity contribution in [3.8, 4) is 5.75 Å². The standard InChI is InChI=1S/C15H13N3O3/c19-14-9-21-13-6-10(3-4-12(13)18-14)7-17-15(20)11-2-1-5-16-8-11/h1-6,8H,7,9H2,(H,17,20)(H,18,19). The Hall–Kier alpha value is -2.89. The number of carbonyl (C=O) groups is 2. The molecule has 0 fully saturated rings. The van der Waals surface area contributed by atoms with E-state index in [1.165, 1.54) is 6.20 Å². The maximum atomic E-state index is 11.9. The zero-order valence-corrected chi connectivity index (χ0v) is 11.1. The van der Waals surface area contributed by atoms with Crippen LogP contribution in [0.1, 0.15) is 15.9 Å². The van der Waals surface area contributed by atoms with Crippen molar-refractivity contribution in [3.63, 3.8) is 0 Å². The van der Waals surface area contributed by atoms with Crippen molar-refractivity contribution >= 4 is 17.5 Å². The van der Waals surface area contributed by atoms with Gasteiger partial charge in [0.2, 0.25) is 0 Å². The second-order valence-corrected chi connectivity index (χ2v) is 4.59. The van der Waals surface area contributed by atoms with Gasteiger partial charge in [-0.3, -0.25) is 14.6 Å². The van der Waals surface area contributed by atoms with Gasteiger partial charge < -0.3 is 15.4 Å². The number of nitrogens with zero attached hydrogens (tertiary/aromatic N) is 1. The number of hydrogen-bond acceptors (Lipinski definition) is 4. The van der Waals surface area contributed by atoms with Crippen LogP contribution in [0.25, 0.3) is 0 Å². The molecular formula is C15H13N3O3. The van der Waals surface area contributed by atoms with Crippen LogP contribution < -0.4 is 15.4 Å². The van der Waals surface area contributed by atoms with Crippen molar-refractivity contribution in [3.05, 3.63) is 53.9 Å². The molecule has 106 valence electrons. The van der Waals surface area contributed by atoms with Crippen LogP contribution in [-0.2, 0) is 11.3 Å². The van der Waals surface area contributed by atoms with Gasteiger partial charge >= 0.3 is 0 Å². The predicted octanol–water partition coefficient (Wildman–Crippen LogP) is 1.34. The lowest BCUT2D eigenvalue weighted by atomic mass is 10.1. The predicted molar refractivity (Wildman–Crippen MR) is 76.0 cm³/mol. The third kappa shape index (κ3) is 3.00. The number of carbonyl (C=O) groups excluding carboxylic acids is 2. The molecule has 2 heterocycles. The maximum absolute atomic E-state index is 11.9. The molecule has 0 spiro atoms. The molecule has 1 aromatic heterocycles. The Kier molecular flexibility index (Phi) is 3.51. The minimum absolute atomic E-state index is 0.0124. The number of benzene rings is 1. The summed E-state index contributed by atoms with van der Waals surface area (Å²) in [6, 6.07) is 8.81. The van der Waals surface area contributed by atoms with E-state index in [9.17, 15) is 9.59 Å². The van der Waals surface area contributed by atoms with Gasteiger partial charge in [-0.1, -0.05) is 6.07 Å². The normalized spacial score (nSPS) is 12.9. The summed E-state index contributed by atoms with van der Waals surface area (Å²) < 4.78 is 5.33. The average Bonchev–Trinajstić information content (AvgIpc) is 2.53.